The van der Waals surface area contributed by atoms with Gasteiger partial charge in [-0.2, -0.15) is 5.26 Å². The number of halogens is 1. The summed E-state index contributed by atoms with van der Waals surface area (Å²) in [6, 6.07) is 16.7. The molecule has 0 saturated carbocycles. The van der Waals surface area contributed by atoms with E-state index in [1.807, 2.05) is 49.4 Å². The molecule has 0 aliphatic heterocycles. The molecule has 0 radical (unpaired) electrons. The predicted molar refractivity (Wildman–Crippen MR) is 112 cm³/mol. The smallest absolute Gasteiger partial charge is 0.151 e. The largest absolute Gasteiger partial charge is 0.488 e. The first kappa shape index (κ1) is 19.7. The van der Waals surface area contributed by atoms with Crippen molar-refractivity contribution in [1.82, 2.24) is 10.4 Å². The minimum absolute atomic E-state index is 0.100. The minimum atomic E-state index is 0.100. The first-order chi connectivity index (χ1) is 13.5. The number of hydrogen-bond donors (Lipinski definition) is 3. The van der Waals surface area contributed by atoms with E-state index in [-0.39, 0.29) is 11.4 Å². The second kappa shape index (κ2) is 8.76. The average Bonchev–Trinajstić information content (AvgIpc) is 3.08. The number of hydrazine groups is 1. The molecule has 3 aromatic rings. The molecule has 0 fully saturated rings. The standard InChI is InChI=1S/C20H18ClN5OS/c1-12-18(28-20(25-12)13-5-7-15(21)8-6-13)11-27-16-4-2-3-14(9-16)19(23)17(10-22)26-24/h2-9,26H,11,23-24H2,1H3/b19-17-. The van der Waals surface area contributed by atoms with Crippen LogP contribution >= 0.6 is 22.9 Å². The number of rotatable bonds is 6. The molecule has 0 atom stereocenters. The Morgan fingerprint density at radius 1 is 1.29 bits per heavy atom. The van der Waals surface area contributed by atoms with Gasteiger partial charge in [0.15, 0.2) is 5.70 Å². The Balaban J connectivity index is 1.76. The molecule has 0 amide bonds. The summed E-state index contributed by atoms with van der Waals surface area (Å²) >= 11 is 7.53. The Kier molecular flexibility index (Phi) is 6.16. The molecule has 0 unspecified atom stereocenters. The number of nitrogens with one attached hydrogen (secondary N) is 1. The molecular formula is C20H18ClN5OS. The van der Waals surface area contributed by atoms with Crippen molar-refractivity contribution in [2.45, 2.75) is 13.5 Å². The second-order valence-electron chi connectivity index (χ2n) is 5.90. The van der Waals surface area contributed by atoms with Crippen molar-refractivity contribution in [1.29, 1.82) is 5.26 Å². The van der Waals surface area contributed by atoms with Crippen molar-refractivity contribution in [2.24, 2.45) is 11.6 Å². The topological polar surface area (TPSA) is 110 Å². The highest BCUT2D eigenvalue weighted by atomic mass is 35.5. The molecule has 0 saturated heterocycles. The number of aromatic nitrogens is 1. The molecule has 0 bridgehead atoms. The number of aryl methyl sites for hydroxylation is 1. The van der Waals surface area contributed by atoms with E-state index in [1.165, 1.54) is 0 Å². The van der Waals surface area contributed by atoms with Gasteiger partial charge < -0.3 is 15.9 Å². The average molecular weight is 412 g/mol. The molecule has 0 aliphatic carbocycles. The van der Waals surface area contributed by atoms with Crippen molar-refractivity contribution in [2.75, 3.05) is 0 Å². The van der Waals surface area contributed by atoms with Crippen molar-refractivity contribution in [3.05, 3.63) is 75.4 Å². The predicted octanol–water partition coefficient (Wildman–Crippen LogP) is 3.97. The van der Waals surface area contributed by atoms with Crippen LogP contribution in [0.25, 0.3) is 16.3 Å². The molecule has 8 heteroatoms. The quantitative estimate of drug-likeness (QED) is 0.321. The third kappa shape index (κ3) is 4.43. The van der Waals surface area contributed by atoms with E-state index in [9.17, 15) is 0 Å². The van der Waals surface area contributed by atoms with Gasteiger partial charge >= 0.3 is 0 Å². The molecule has 0 spiro atoms. The zero-order valence-electron chi connectivity index (χ0n) is 15.1. The fourth-order valence-electron chi connectivity index (χ4n) is 2.49. The minimum Gasteiger partial charge on any atom is -0.488 e. The van der Waals surface area contributed by atoms with Crippen LogP contribution in [0.3, 0.4) is 0 Å². The fraction of sp³-hybridized carbons (Fsp3) is 0.100. The normalized spacial score (nSPS) is 11.5. The summed E-state index contributed by atoms with van der Waals surface area (Å²) in [4.78, 5) is 5.65. The second-order valence-corrected chi connectivity index (χ2v) is 7.42. The summed E-state index contributed by atoms with van der Waals surface area (Å²) in [5, 5.41) is 10.7. The van der Waals surface area contributed by atoms with Gasteiger partial charge in [0.25, 0.3) is 0 Å². The van der Waals surface area contributed by atoms with Gasteiger partial charge in [0.2, 0.25) is 0 Å². The highest BCUT2D eigenvalue weighted by Gasteiger charge is 2.11. The lowest BCUT2D eigenvalue weighted by molar-refractivity contribution is 0.308. The van der Waals surface area contributed by atoms with E-state index in [0.29, 0.717) is 22.9 Å². The van der Waals surface area contributed by atoms with E-state index in [1.54, 1.807) is 23.5 Å². The van der Waals surface area contributed by atoms with E-state index < -0.39 is 0 Å². The van der Waals surface area contributed by atoms with Crippen molar-refractivity contribution < 1.29 is 4.74 Å². The van der Waals surface area contributed by atoms with Crippen LogP contribution in [-0.2, 0) is 6.61 Å². The van der Waals surface area contributed by atoms with E-state index in [0.717, 1.165) is 21.1 Å². The SMILES string of the molecule is Cc1nc(-c2ccc(Cl)cc2)sc1COc1cccc(/C(N)=C(\C#N)NN)c1. The number of ether oxygens (including phenoxy) is 1. The summed E-state index contributed by atoms with van der Waals surface area (Å²) in [7, 11) is 0. The molecule has 142 valence electrons. The van der Waals surface area contributed by atoms with Crippen LogP contribution in [0.2, 0.25) is 5.02 Å². The lowest BCUT2D eigenvalue weighted by Gasteiger charge is -2.09. The van der Waals surface area contributed by atoms with Crippen molar-refractivity contribution in [3.63, 3.8) is 0 Å². The third-order valence-corrected chi connectivity index (χ3v) is 5.46. The first-order valence-electron chi connectivity index (χ1n) is 8.33. The lowest BCUT2D eigenvalue weighted by atomic mass is 10.1. The van der Waals surface area contributed by atoms with Gasteiger partial charge in [-0.1, -0.05) is 35.9 Å². The van der Waals surface area contributed by atoms with Crippen molar-refractivity contribution in [3.8, 4) is 22.4 Å². The number of benzene rings is 2. The van der Waals surface area contributed by atoms with E-state index in [4.69, 9.17) is 33.2 Å². The maximum Gasteiger partial charge on any atom is 0.151 e. The van der Waals surface area contributed by atoms with Gasteiger partial charge in [-0.3, -0.25) is 0 Å². The number of thiazole rings is 1. The van der Waals surface area contributed by atoms with Crippen LogP contribution in [0.15, 0.2) is 54.2 Å². The van der Waals surface area contributed by atoms with E-state index in [2.05, 4.69) is 10.4 Å². The Hall–Kier alpha value is -3.05. The highest BCUT2D eigenvalue weighted by Crippen LogP contribution is 2.30. The van der Waals surface area contributed by atoms with Crippen LogP contribution < -0.4 is 21.7 Å². The van der Waals surface area contributed by atoms with Gasteiger partial charge in [0.1, 0.15) is 23.4 Å². The van der Waals surface area contributed by atoms with Crippen LogP contribution in [0.5, 0.6) is 5.75 Å². The molecule has 0 aliphatic rings. The molecule has 6 nitrogen and oxygen atoms in total. The summed E-state index contributed by atoms with van der Waals surface area (Å²) < 4.78 is 5.92. The summed E-state index contributed by atoms with van der Waals surface area (Å²) in [5.41, 5.74) is 11.2. The number of nitriles is 1. The lowest BCUT2D eigenvalue weighted by Crippen LogP contribution is -2.23. The van der Waals surface area contributed by atoms with Crippen LogP contribution in [0.1, 0.15) is 16.1 Å². The highest BCUT2D eigenvalue weighted by molar-refractivity contribution is 7.15. The van der Waals surface area contributed by atoms with Gasteiger partial charge in [-0.15, -0.1) is 11.3 Å². The van der Waals surface area contributed by atoms with Gasteiger partial charge in [0.05, 0.1) is 16.3 Å². The monoisotopic (exact) mass is 411 g/mol. The van der Waals surface area contributed by atoms with Gasteiger partial charge in [-0.25, -0.2) is 10.8 Å². The Labute approximate surface area is 172 Å². The molecule has 28 heavy (non-hydrogen) atoms. The number of hydrogen-bond acceptors (Lipinski definition) is 7. The molecular weight excluding hydrogens is 394 g/mol. The van der Waals surface area contributed by atoms with Crippen LogP contribution in [-0.4, -0.2) is 4.98 Å². The van der Waals surface area contributed by atoms with Gasteiger partial charge in [0, 0.05) is 16.1 Å². The first-order valence-corrected chi connectivity index (χ1v) is 9.53. The molecule has 1 heterocycles. The maximum absolute atomic E-state index is 9.05. The fourth-order valence-corrected chi connectivity index (χ4v) is 3.60. The van der Waals surface area contributed by atoms with Crippen molar-refractivity contribution >= 4 is 28.6 Å². The summed E-state index contributed by atoms with van der Waals surface area (Å²) in [6.45, 7) is 2.34. The van der Waals surface area contributed by atoms with E-state index >= 15 is 0 Å². The zero-order valence-corrected chi connectivity index (χ0v) is 16.6. The Morgan fingerprint density at radius 2 is 2.04 bits per heavy atom. The number of nitrogens with two attached hydrogens (primary N) is 2. The summed E-state index contributed by atoms with van der Waals surface area (Å²) in [5.74, 6) is 5.95. The summed E-state index contributed by atoms with van der Waals surface area (Å²) in [6.07, 6.45) is 0. The number of allylic oxidation sites excluding steroid dienone is 1. The third-order valence-electron chi connectivity index (χ3n) is 4.02. The maximum atomic E-state index is 9.05. The molecule has 3 rings (SSSR count). The number of nitrogens with zero attached hydrogens (tertiary/aromatic N) is 2. The zero-order chi connectivity index (χ0) is 20.1. The molecule has 1 aromatic heterocycles. The molecule has 5 N–H and O–H groups in total. The van der Waals surface area contributed by atoms with Crippen LogP contribution in [0, 0.1) is 18.3 Å². The molecule has 2 aromatic carbocycles. The Morgan fingerprint density at radius 3 is 2.71 bits per heavy atom. The van der Waals surface area contributed by atoms with Crippen LogP contribution in [0.4, 0.5) is 0 Å². The Bertz CT molecular complexity index is 1050. The van der Waals surface area contributed by atoms with Gasteiger partial charge in [-0.05, 0) is 31.2 Å².